The Morgan fingerprint density at radius 3 is 2.55 bits per heavy atom. The van der Waals surface area contributed by atoms with Crippen LogP contribution in [-0.4, -0.2) is 0 Å². The van der Waals surface area contributed by atoms with E-state index >= 15 is 0 Å². The molecule has 0 saturated heterocycles. The zero-order valence-corrected chi connectivity index (χ0v) is 11.2. The molecule has 0 heterocycles. The molecule has 2 aromatic rings. The number of hydrogen-bond donors (Lipinski definition) is 1. The van der Waals surface area contributed by atoms with Crippen LogP contribution < -0.4 is 5.73 Å². The summed E-state index contributed by atoms with van der Waals surface area (Å²) in [7, 11) is 0. The third kappa shape index (κ3) is 2.34. The van der Waals surface area contributed by atoms with Crippen LogP contribution >= 0.6 is 0 Å². The lowest BCUT2D eigenvalue weighted by Gasteiger charge is -2.29. The van der Waals surface area contributed by atoms with Crippen molar-refractivity contribution in [3.8, 4) is 0 Å². The van der Waals surface area contributed by atoms with Gasteiger partial charge < -0.3 is 5.73 Å². The first-order valence-corrected chi connectivity index (χ1v) is 6.93. The van der Waals surface area contributed by atoms with Gasteiger partial charge >= 0.3 is 0 Å². The molecule has 1 aliphatic carbocycles. The summed E-state index contributed by atoms with van der Waals surface area (Å²) in [6.07, 6.45) is 2.69. The Kier molecular flexibility index (Phi) is 3.53. The van der Waals surface area contributed by atoms with Gasteiger partial charge in [-0.15, -0.1) is 0 Å². The van der Waals surface area contributed by atoms with Crippen molar-refractivity contribution in [1.29, 1.82) is 0 Å². The molecule has 104 valence electrons. The number of aryl methyl sites for hydroxylation is 1. The molecule has 0 radical (unpaired) electrons. The van der Waals surface area contributed by atoms with Crippen LogP contribution in [0.15, 0.2) is 42.5 Å². The number of hydrogen-bond acceptors (Lipinski definition) is 1. The molecule has 2 unspecified atom stereocenters. The predicted octanol–water partition coefficient (Wildman–Crippen LogP) is 3.77. The highest BCUT2D eigenvalue weighted by atomic mass is 19.2. The molecule has 3 heteroatoms. The van der Waals surface area contributed by atoms with Crippen molar-refractivity contribution in [3.63, 3.8) is 0 Å². The van der Waals surface area contributed by atoms with Crippen molar-refractivity contribution in [2.75, 3.05) is 0 Å². The number of nitrogens with two attached hydrogens (primary N) is 1. The molecule has 0 aliphatic heterocycles. The lowest BCUT2D eigenvalue weighted by molar-refractivity contribution is 0.367. The van der Waals surface area contributed by atoms with E-state index in [0.717, 1.165) is 25.3 Å². The normalized spacial score (nSPS) is 19.4. The molecule has 20 heavy (non-hydrogen) atoms. The van der Waals surface area contributed by atoms with Gasteiger partial charge in [0.1, 0.15) is 0 Å². The minimum atomic E-state index is -0.825. The van der Waals surface area contributed by atoms with Gasteiger partial charge in [0.25, 0.3) is 0 Å². The smallest absolute Gasteiger partial charge is 0.163 e. The Morgan fingerprint density at radius 1 is 1.00 bits per heavy atom. The van der Waals surface area contributed by atoms with Crippen molar-refractivity contribution in [1.82, 2.24) is 0 Å². The first-order valence-electron chi connectivity index (χ1n) is 6.93. The largest absolute Gasteiger partial charge is 0.324 e. The molecule has 3 rings (SSSR count). The van der Waals surface area contributed by atoms with Gasteiger partial charge in [-0.1, -0.05) is 36.4 Å². The molecular formula is C17H17F2N. The van der Waals surface area contributed by atoms with E-state index in [2.05, 4.69) is 12.1 Å². The van der Waals surface area contributed by atoms with Crippen LogP contribution in [0.2, 0.25) is 0 Å². The number of benzene rings is 2. The summed E-state index contributed by atoms with van der Waals surface area (Å²) in [6, 6.07) is 12.0. The van der Waals surface area contributed by atoms with E-state index in [1.807, 2.05) is 12.1 Å². The fourth-order valence-corrected chi connectivity index (χ4v) is 3.06. The second-order valence-electron chi connectivity index (χ2n) is 5.44. The standard InChI is InChI=1S/C17H17F2N/c18-15-7-3-6-14(16(15)19)17(20)13-9-8-11-4-1-2-5-12(11)10-13/h1-7,13,17H,8-10,20H2. The van der Waals surface area contributed by atoms with Gasteiger partial charge in [0.15, 0.2) is 11.6 Å². The van der Waals surface area contributed by atoms with E-state index in [4.69, 9.17) is 5.73 Å². The van der Waals surface area contributed by atoms with Gasteiger partial charge in [-0.3, -0.25) is 0 Å². The Morgan fingerprint density at radius 2 is 1.75 bits per heavy atom. The maximum absolute atomic E-state index is 13.8. The Bertz CT molecular complexity index is 624. The molecule has 0 saturated carbocycles. The average Bonchev–Trinajstić information content (AvgIpc) is 2.49. The van der Waals surface area contributed by atoms with Crippen molar-refractivity contribution in [2.24, 2.45) is 11.7 Å². The lowest BCUT2D eigenvalue weighted by atomic mass is 9.78. The van der Waals surface area contributed by atoms with Crippen LogP contribution in [0.4, 0.5) is 8.78 Å². The maximum Gasteiger partial charge on any atom is 0.163 e. The zero-order valence-electron chi connectivity index (χ0n) is 11.2. The Labute approximate surface area is 117 Å². The molecule has 0 spiro atoms. The molecule has 2 aromatic carbocycles. The fourth-order valence-electron chi connectivity index (χ4n) is 3.06. The summed E-state index contributed by atoms with van der Waals surface area (Å²) in [4.78, 5) is 0. The van der Waals surface area contributed by atoms with Gasteiger partial charge in [-0.2, -0.15) is 0 Å². The van der Waals surface area contributed by atoms with E-state index in [0.29, 0.717) is 0 Å². The van der Waals surface area contributed by atoms with Gasteiger partial charge in [0.05, 0.1) is 0 Å². The van der Waals surface area contributed by atoms with Gasteiger partial charge in [-0.05, 0) is 42.4 Å². The van der Waals surface area contributed by atoms with Crippen LogP contribution in [0.3, 0.4) is 0 Å². The maximum atomic E-state index is 13.8. The topological polar surface area (TPSA) is 26.0 Å². The highest BCUT2D eigenvalue weighted by Crippen LogP contribution is 2.34. The van der Waals surface area contributed by atoms with Crippen LogP contribution in [0.1, 0.15) is 29.2 Å². The molecule has 0 bridgehead atoms. The number of halogens is 2. The SMILES string of the molecule is NC(c1cccc(F)c1F)C1CCc2ccccc2C1. The van der Waals surface area contributed by atoms with Crippen LogP contribution in [0.5, 0.6) is 0 Å². The lowest BCUT2D eigenvalue weighted by Crippen LogP contribution is -2.28. The third-order valence-electron chi connectivity index (χ3n) is 4.23. The molecule has 0 amide bonds. The number of rotatable bonds is 2. The summed E-state index contributed by atoms with van der Waals surface area (Å²) in [6.45, 7) is 0. The Balaban J connectivity index is 1.86. The predicted molar refractivity (Wildman–Crippen MR) is 75.2 cm³/mol. The van der Waals surface area contributed by atoms with E-state index in [1.165, 1.54) is 17.2 Å². The minimum Gasteiger partial charge on any atom is -0.324 e. The van der Waals surface area contributed by atoms with Crippen molar-refractivity contribution < 1.29 is 8.78 Å². The van der Waals surface area contributed by atoms with Crippen LogP contribution in [0.25, 0.3) is 0 Å². The van der Waals surface area contributed by atoms with Gasteiger partial charge in [-0.25, -0.2) is 8.78 Å². The van der Waals surface area contributed by atoms with E-state index in [-0.39, 0.29) is 11.5 Å². The van der Waals surface area contributed by atoms with Crippen molar-refractivity contribution in [2.45, 2.75) is 25.3 Å². The monoisotopic (exact) mass is 273 g/mol. The number of fused-ring (bicyclic) bond motifs is 1. The van der Waals surface area contributed by atoms with E-state index in [9.17, 15) is 8.78 Å². The highest BCUT2D eigenvalue weighted by molar-refractivity contribution is 5.31. The molecule has 0 aromatic heterocycles. The van der Waals surface area contributed by atoms with E-state index < -0.39 is 17.7 Å². The van der Waals surface area contributed by atoms with E-state index in [1.54, 1.807) is 6.07 Å². The summed E-state index contributed by atoms with van der Waals surface area (Å²) in [5.74, 6) is -1.48. The first kappa shape index (κ1) is 13.3. The third-order valence-corrected chi connectivity index (χ3v) is 4.23. The molecule has 1 nitrogen and oxygen atoms in total. The molecular weight excluding hydrogens is 256 g/mol. The summed E-state index contributed by atoms with van der Waals surface area (Å²) < 4.78 is 27.2. The average molecular weight is 273 g/mol. The highest BCUT2D eigenvalue weighted by Gasteiger charge is 2.27. The fraction of sp³-hybridized carbons (Fsp3) is 0.294. The van der Waals surface area contributed by atoms with Crippen molar-refractivity contribution in [3.05, 3.63) is 70.8 Å². The Hall–Kier alpha value is -1.74. The van der Waals surface area contributed by atoms with Gasteiger partial charge in [0.2, 0.25) is 0 Å². The minimum absolute atomic E-state index is 0.154. The summed E-state index contributed by atoms with van der Waals surface area (Å²) in [5.41, 5.74) is 9.09. The van der Waals surface area contributed by atoms with Crippen LogP contribution in [0, 0.1) is 17.6 Å². The quantitative estimate of drug-likeness (QED) is 0.885. The second-order valence-corrected chi connectivity index (χ2v) is 5.44. The zero-order chi connectivity index (χ0) is 14.1. The molecule has 0 fully saturated rings. The summed E-state index contributed by atoms with van der Waals surface area (Å²) in [5, 5.41) is 0. The summed E-state index contributed by atoms with van der Waals surface area (Å²) >= 11 is 0. The van der Waals surface area contributed by atoms with Crippen molar-refractivity contribution >= 4 is 0 Å². The van der Waals surface area contributed by atoms with Gasteiger partial charge in [0, 0.05) is 11.6 Å². The molecule has 2 N–H and O–H groups in total. The first-order chi connectivity index (χ1) is 9.66. The van der Waals surface area contributed by atoms with Crippen LogP contribution in [-0.2, 0) is 12.8 Å². The molecule has 1 aliphatic rings. The second kappa shape index (κ2) is 5.33. The molecule has 2 atom stereocenters.